The van der Waals surface area contributed by atoms with Crippen LogP contribution in [0.2, 0.25) is 0 Å². The average molecular weight is 231 g/mol. The van der Waals surface area contributed by atoms with E-state index in [0.29, 0.717) is 11.4 Å². The van der Waals surface area contributed by atoms with E-state index in [9.17, 15) is 4.79 Å². The smallest absolute Gasteiger partial charge is 0.338 e. The lowest BCUT2D eigenvalue weighted by atomic mass is 10.2. The molecule has 3 rings (SSSR count). The summed E-state index contributed by atoms with van der Waals surface area (Å²) >= 11 is 0. The monoisotopic (exact) mass is 231 g/mol. The summed E-state index contributed by atoms with van der Waals surface area (Å²) in [7, 11) is 0. The summed E-state index contributed by atoms with van der Waals surface area (Å²) in [5, 5.41) is 17.1. The van der Waals surface area contributed by atoms with Crippen molar-refractivity contribution in [2.75, 3.05) is 0 Å². The molecule has 1 aliphatic carbocycles. The SMILES string of the molecule is CC1CC1Cn1nnc2c(C(=O)O)cccc21. The van der Waals surface area contributed by atoms with E-state index in [-0.39, 0.29) is 5.56 Å². The van der Waals surface area contributed by atoms with Crippen molar-refractivity contribution in [1.29, 1.82) is 0 Å². The molecule has 0 saturated heterocycles. The van der Waals surface area contributed by atoms with Crippen molar-refractivity contribution in [3.05, 3.63) is 23.8 Å². The Hall–Kier alpha value is -1.91. The Morgan fingerprint density at radius 2 is 2.35 bits per heavy atom. The number of hydrogen-bond donors (Lipinski definition) is 1. The predicted molar refractivity (Wildman–Crippen MR) is 61.8 cm³/mol. The molecule has 1 heterocycles. The van der Waals surface area contributed by atoms with E-state index in [2.05, 4.69) is 17.2 Å². The summed E-state index contributed by atoms with van der Waals surface area (Å²) < 4.78 is 1.82. The summed E-state index contributed by atoms with van der Waals surface area (Å²) in [5.41, 5.74) is 1.51. The highest BCUT2D eigenvalue weighted by molar-refractivity contribution is 6.00. The van der Waals surface area contributed by atoms with E-state index in [0.717, 1.165) is 18.0 Å². The lowest BCUT2D eigenvalue weighted by Gasteiger charge is -2.00. The van der Waals surface area contributed by atoms with Crippen LogP contribution >= 0.6 is 0 Å². The fraction of sp³-hybridized carbons (Fsp3) is 0.417. The molecule has 1 aliphatic rings. The van der Waals surface area contributed by atoms with Gasteiger partial charge in [-0.05, 0) is 30.4 Å². The second kappa shape index (κ2) is 3.55. The second-order valence-electron chi connectivity index (χ2n) is 4.72. The van der Waals surface area contributed by atoms with E-state index in [1.54, 1.807) is 12.1 Å². The third kappa shape index (κ3) is 1.67. The zero-order valence-corrected chi connectivity index (χ0v) is 9.50. The van der Waals surface area contributed by atoms with Gasteiger partial charge in [-0.2, -0.15) is 0 Å². The van der Waals surface area contributed by atoms with Crippen molar-refractivity contribution in [3.8, 4) is 0 Å². The van der Waals surface area contributed by atoms with Gasteiger partial charge in [-0.15, -0.1) is 5.10 Å². The maximum atomic E-state index is 11.0. The van der Waals surface area contributed by atoms with Gasteiger partial charge in [0.1, 0.15) is 5.52 Å². The lowest BCUT2D eigenvalue weighted by Crippen LogP contribution is -2.03. The molecule has 0 aliphatic heterocycles. The number of nitrogens with zero attached hydrogens (tertiary/aromatic N) is 3. The van der Waals surface area contributed by atoms with Crippen LogP contribution in [0.1, 0.15) is 23.7 Å². The van der Waals surface area contributed by atoms with E-state index in [1.165, 1.54) is 6.42 Å². The molecule has 2 unspecified atom stereocenters. The Labute approximate surface area is 98.0 Å². The van der Waals surface area contributed by atoms with Gasteiger partial charge in [-0.3, -0.25) is 0 Å². The first-order valence-electron chi connectivity index (χ1n) is 5.72. The molecule has 2 aromatic rings. The first kappa shape index (κ1) is 10.3. The molecule has 88 valence electrons. The van der Waals surface area contributed by atoms with Crippen molar-refractivity contribution in [1.82, 2.24) is 15.0 Å². The largest absolute Gasteiger partial charge is 0.478 e. The Morgan fingerprint density at radius 3 is 3.00 bits per heavy atom. The van der Waals surface area contributed by atoms with E-state index >= 15 is 0 Å². The number of carbonyl (C=O) groups is 1. The number of aromatic nitrogens is 3. The Kier molecular flexibility index (Phi) is 2.14. The molecule has 0 radical (unpaired) electrons. The van der Waals surface area contributed by atoms with Gasteiger partial charge in [0.25, 0.3) is 0 Å². The van der Waals surface area contributed by atoms with Crippen LogP contribution in [0.4, 0.5) is 0 Å². The number of carboxylic acids is 1. The van der Waals surface area contributed by atoms with E-state index in [1.807, 2.05) is 10.7 Å². The predicted octanol–water partition coefficient (Wildman–Crippen LogP) is 1.79. The Morgan fingerprint density at radius 1 is 1.59 bits per heavy atom. The summed E-state index contributed by atoms with van der Waals surface area (Å²) in [4.78, 5) is 11.0. The summed E-state index contributed by atoms with van der Waals surface area (Å²) in [6, 6.07) is 5.17. The zero-order valence-electron chi connectivity index (χ0n) is 9.50. The van der Waals surface area contributed by atoms with Gasteiger partial charge in [0.05, 0.1) is 11.1 Å². The molecule has 1 saturated carbocycles. The highest BCUT2D eigenvalue weighted by atomic mass is 16.4. The number of carboxylic acid groups (broad SMARTS) is 1. The van der Waals surface area contributed by atoms with Crippen molar-refractivity contribution < 1.29 is 9.90 Å². The lowest BCUT2D eigenvalue weighted by molar-refractivity contribution is 0.0699. The number of rotatable bonds is 3. The van der Waals surface area contributed by atoms with Crippen molar-refractivity contribution in [2.45, 2.75) is 19.9 Å². The topological polar surface area (TPSA) is 68.0 Å². The van der Waals surface area contributed by atoms with Crippen molar-refractivity contribution in [3.63, 3.8) is 0 Å². The Balaban J connectivity index is 2.03. The van der Waals surface area contributed by atoms with Crippen LogP contribution in [0.5, 0.6) is 0 Å². The highest BCUT2D eigenvalue weighted by Gasteiger charge is 2.33. The minimum Gasteiger partial charge on any atom is -0.478 e. The van der Waals surface area contributed by atoms with Gasteiger partial charge >= 0.3 is 5.97 Å². The van der Waals surface area contributed by atoms with Crippen molar-refractivity contribution in [2.24, 2.45) is 11.8 Å². The van der Waals surface area contributed by atoms with Crippen LogP contribution in [-0.4, -0.2) is 26.1 Å². The third-order valence-corrected chi connectivity index (χ3v) is 3.46. The van der Waals surface area contributed by atoms with Crippen LogP contribution in [0.15, 0.2) is 18.2 Å². The Bertz CT molecular complexity index is 590. The van der Waals surface area contributed by atoms with E-state index < -0.39 is 5.97 Å². The first-order valence-corrected chi connectivity index (χ1v) is 5.72. The fourth-order valence-electron chi connectivity index (χ4n) is 2.17. The highest BCUT2D eigenvalue weighted by Crippen LogP contribution is 2.39. The molecule has 5 heteroatoms. The summed E-state index contributed by atoms with van der Waals surface area (Å²) in [6.45, 7) is 3.05. The van der Waals surface area contributed by atoms with Crippen LogP contribution in [0, 0.1) is 11.8 Å². The molecule has 1 N–H and O–H groups in total. The zero-order chi connectivity index (χ0) is 12.0. The van der Waals surface area contributed by atoms with Gasteiger partial charge in [0.2, 0.25) is 0 Å². The summed E-state index contributed by atoms with van der Waals surface area (Å²) in [6.07, 6.45) is 1.22. The molecule has 1 fully saturated rings. The molecule has 1 aromatic carbocycles. The van der Waals surface area contributed by atoms with Gasteiger partial charge in [-0.1, -0.05) is 18.2 Å². The quantitative estimate of drug-likeness (QED) is 0.874. The number of aromatic carboxylic acids is 1. The molecule has 1 aromatic heterocycles. The fourth-order valence-corrected chi connectivity index (χ4v) is 2.17. The minimum absolute atomic E-state index is 0.220. The minimum atomic E-state index is -0.956. The molecule has 17 heavy (non-hydrogen) atoms. The number of benzene rings is 1. The number of hydrogen-bond acceptors (Lipinski definition) is 3. The maximum absolute atomic E-state index is 11.0. The van der Waals surface area contributed by atoms with Gasteiger partial charge < -0.3 is 5.11 Å². The first-order chi connectivity index (χ1) is 8.16. The molecule has 2 atom stereocenters. The van der Waals surface area contributed by atoms with Gasteiger partial charge in [-0.25, -0.2) is 9.48 Å². The molecular weight excluding hydrogens is 218 g/mol. The average Bonchev–Trinajstić information content (AvgIpc) is 2.84. The molecule has 0 spiro atoms. The van der Waals surface area contributed by atoms with Crippen LogP contribution < -0.4 is 0 Å². The molecule has 5 nitrogen and oxygen atoms in total. The molecule has 0 amide bonds. The van der Waals surface area contributed by atoms with Crippen LogP contribution in [0.25, 0.3) is 11.0 Å². The summed E-state index contributed by atoms with van der Waals surface area (Å²) in [5.74, 6) is 0.452. The standard InChI is InChI=1S/C12H13N3O2/c1-7-5-8(7)6-15-10-4-2-3-9(12(16)17)11(10)13-14-15/h2-4,7-8H,5-6H2,1H3,(H,16,17). The molecular formula is C12H13N3O2. The van der Waals surface area contributed by atoms with Gasteiger partial charge in [0, 0.05) is 6.54 Å². The molecule has 0 bridgehead atoms. The second-order valence-corrected chi connectivity index (χ2v) is 4.72. The van der Waals surface area contributed by atoms with Crippen LogP contribution in [0.3, 0.4) is 0 Å². The van der Waals surface area contributed by atoms with Crippen molar-refractivity contribution >= 4 is 17.0 Å². The van der Waals surface area contributed by atoms with E-state index in [4.69, 9.17) is 5.11 Å². The van der Waals surface area contributed by atoms with Gasteiger partial charge in [0.15, 0.2) is 0 Å². The van der Waals surface area contributed by atoms with Crippen LogP contribution in [-0.2, 0) is 6.54 Å². The number of fused-ring (bicyclic) bond motifs is 1. The maximum Gasteiger partial charge on any atom is 0.338 e. The third-order valence-electron chi connectivity index (χ3n) is 3.46. The normalized spacial score (nSPS) is 22.9.